The van der Waals surface area contributed by atoms with E-state index < -0.39 is 0 Å². The molecule has 0 radical (unpaired) electrons. The van der Waals surface area contributed by atoms with E-state index in [2.05, 4.69) is 0 Å². The first kappa shape index (κ1) is 7.41. The molecule has 1 saturated heterocycles. The van der Waals surface area contributed by atoms with Crippen molar-refractivity contribution >= 4 is 12.6 Å². The van der Waals surface area contributed by atoms with Gasteiger partial charge in [-0.1, -0.05) is 0 Å². The first-order valence-electron chi connectivity index (χ1n) is 3.38. The van der Waals surface area contributed by atoms with E-state index in [1.807, 2.05) is 11.9 Å². The minimum absolute atomic E-state index is 0.0322. The normalized spacial score (nSPS) is 34.1. The van der Waals surface area contributed by atoms with Gasteiger partial charge in [0, 0.05) is 12.5 Å². The molecule has 0 aromatic carbocycles. The van der Waals surface area contributed by atoms with Crippen LogP contribution in [0.1, 0.15) is 6.42 Å². The van der Waals surface area contributed by atoms with Crippen molar-refractivity contribution in [3.8, 4) is 0 Å². The molecule has 1 fully saturated rings. The van der Waals surface area contributed by atoms with Crippen molar-refractivity contribution in [2.24, 2.45) is 5.92 Å². The van der Waals surface area contributed by atoms with Crippen molar-refractivity contribution in [1.29, 1.82) is 0 Å². The minimum atomic E-state index is -0.0322. The molecule has 0 bridgehead atoms. The van der Waals surface area contributed by atoms with E-state index in [0.29, 0.717) is 6.42 Å². The van der Waals surface area contributed by atoms with Crippen LogP contribution in [0.3, 0.4) is 0 Å². The van der Waals surface area contributed by atoms with Crippen molar-refractivity contribution in [1.82, 2.24) is 4.90 Å². The number of likely N-dealkylation sites (N-methyl/N-ethyl adjacent to an activating group) is 1. The molecule has 3 nitrogen and oxygen atoms in total. The molecular formula is C7H11NO2. The van der Waals surface area contributed by atoms with Gasteiger partial charge in [-0.25, -0.2) is 0 Å². The molecule has 1 aliphatic heterocycles. The third kappa shape index (κ3) is 1.24. The maximum Gasteiger partial charge on any atom is 0.137 e. The van der Waals surface area contributed by atoms with Gasteiger partial charge in [-0.15, -0.1) is 0 Å². The standard InChI is InChI=1S/C7H11NO2/c1-8-3-6(4-9)2-7(8)5-10/h4-7H,2-3H2,1H3. The first-order chi connectivity index (χ1) is 4.77. The van der Waals surface area contributed by atoms with Gasteiger partial charge in [0.05, 0.1) is 6.04 Å². The van der Waals surface area contributed by atoms with E-state index >= 15 is 0 Å². The lowest BCUT2D eigenvalue weighted by molar-refractivity contribution is -0.111. The summed E-state index contributed by atoms with van der Waals surface area (Å²) in [5.74, 6) is 0.0696. The molecule has 0 N–H and O–H groups in total. The zero-order valence-corrected chi connectivity index (χ0v) is 5.99. The lowest BCUT2D eigenvalue weighted by atomic mass is 10.1. The summed E-state index contributed by atoms with van der Waals surface area (Å²) in [7, 11) is 1.86. The second-order valence-corrected chi connectivity index (χ2v) is 2.77. The first-order valence-corrected chi connectivity index (χ1v) is 3.38. The van der Waals surface area contributed by atoms with Gasteiger partial charge in [0.1, 0.15) is 12.6 Å². The highest BCUT2D eigenvalue weighted by Gasteiger charge is 2.28. The van der Waals surface area contributed by atoms with Crippen molar-refractivity contribution in [3.63, 3.8) is 0 Å². The molecule has 0 spiro atoms. The van der Waals surface area contributed by atoms with Gasteiger partial charge in [-0.05, 0) is 13.5 Å². The Kier molecular flexibility index (Phi) is 2.17. The number of hydrogen-bond donors (Lipinski definition) is 0. The summed E-state index contributed by atoms with van der Waals surface area (Å²) in [5, 5.41) is 0. The number of carbonyl (C=O) groups is 2. The Morgan fingerprint density at radius 3 is 2.40 bits per heavy atom. The zero-order chi connectivity index (χ0) is 7.56. The van der Waals surface area contributed by atoms with E-state index in [-0.39, 0.29) is 12.0 Å². The van der Waals surface area contributed by atoms with Crippen LogP contribution in [-0.2, 0) is 9.59 Å². The Balaban J connectivity index is 2.51. The van der Waals surface area contributed by atoms with Gasteiger partial charge in [-0.2, -0.15) is 0 Å². The van der Waals surface area contributed by atoms with Crippen LogP contribution < -0.4 is 0 Å². The monoisotopic (exact) mass is 141 g/mol. The lowest BCUT2D eigenvalue weighted by Gasteiger charge is -2.10. The largest absolute Gasteiger partial charge is 0.303 e. The number of aldehydes is 2. The number of hydrogen-bond acceptors (Lipinski definition) is 3. The number of likely N-dealkylation sites (tertiary alicyclic amines) is 1. The van der Waals surface area contributed by atoms with Crippen LogP contribution >= 0.6 is 0 Å². The van der Waals surface area contributed by atoms with Crippen LogP contribution in [0, 0.1) is 5.92 Å². The molecule has 0 aromatic heterocycles. The molecule has 0 saturated carbocycles. The molecule has 0 aromatic rings. The summed E-state index contributed by atoms with van der Waals surface area (Å²) >= 11 is 0. The molecule has 3 heteroatoms. The smallest absolute Gasteiger partial charge is 0.137 e. The van der Waals surface area contributed by atoms with Crippen LogP contribution in [0.5, 0.6) is 0 Å². The minimum Gasteiger partial charge on any atom is -0.303 e. The average molecular weight is 141 g/mol. The quantitative estimate of drug-likeness (QED) is 0.496. The zero-order valence-electron chi connectivity index (χ0n) is 5.99. The Bertz CT molecular complexity index is 147. The van der Waals surface area contributed by atoms with Gasteiger partial charge in [0.15, 0.2) is 0 Å². The van der Waals surface area contributed by atoms with Gasteiger partial charge >= 0.3 is 0 Å². The second-order valence-electron chi connectivity index (χ2n) is 2.77. The van der Waals surface area contributed by atoms with Crippen molar-refractivity contribution < 1.29 is 9.59 Å². The van der Waals surface area contributed by atoms with E-state index in [9.17, 15) is 9.59 Å². The van der Waals surface area contributed by atoms with Crippen LogP contribution in [0.4, 0.5) is 0 Å². The summed E-state index contributed by atoms with van der Waals surface area (Å²) < 4.78 is 0. The molecule has 1 rings (SSSR count). The van der Waals surface area contributed by atoms with Crippen molar-refractivity contribution in [2.75, 3.05) is 13.6 Å². The summed E-state index contributed by atoms with van der Waals surface area (Å²) in [5.41, 5.74) is 0. The highest BCUT2D eigenvalue weighted by atomic mass is 16.1. The second kappa shape index (κ2) is 2.92. The average Bonchev–Trinajstić information content (AvgIpc) is 2.30. The number of nitrogens with zero attached hydrogens (tertiary/aromatic N) is 1. The molecule has 0 amide bonds. The van der Waals surface area contributed by atoms with Gasteiger partial charge in [0.25, 0.3) is 0 Å². The molecule has 1 heterocycles. The predicted octanol–water partition coefficient (Wildman–Crippen LogP) is -0.296. The summed E-state index contributed by atoms with van der Waals surface area (Å²) in [6.07, 6.45) is 2.53. The van der Waals surface area contributed by atoms with Gasteiger partial charge in [0.2, 0.25) is 0 Å². The molecule has 10 heavy (non-hydrogen) atoms. The van der Waals surface area contributed by atoms with Crippen LogP contribution in [-0.4, -0.2) is 37.1 Å². The maximum absolute atomic E-state index is 10.3. The van der Waals surface area contributed by atoms with Crippen LogP contribution in [0.2, 0.25) is 0 Å². The molecular weight excluding hydrogens is 130 g/mol. The maximum atomic E-state index is 10.3. The predicted molar refractivity (Wildman–Crippen MR) is 36.7 cm³/mol. The summed E-state index contributed by atoms with van der Waals surface area (Å²) in [6, 6.07) is -0.0322. The molecule has 56 valence electrons. The Morgan fingerprint density at radius 1 is 1.40 bits per heavy atom. The topological polar surface area (TPSA) is 37.4 Å². The highest BCUT2D eigenvalue weighted by molar-refractivity contribution is 5.62. The number of carbonyl (C=O) groups excluding carboxylic acids is 2. The fourth-order valence-electron chi connectivity index (χ4n) is 1.33. The van der Waals surface area contributed by atoms with Crippen molar-refractivity contribution in [2.45, 2.75) is 12.5 Å². The van der Waals surface area contributed by atoms with E-state index in [1.165, 1.54) is 0 Å². The Labute approximate surface area is 60.0 Å². The fraction of sp³-hybridized carbons (Fsp3) is 0.714. The van der Waals surface area contributed by atoms with Crippen LogP contribution in [0.25, 0.3) is 0 Å². The molecule has 1 aliphatic rings. The van der Waals surface area contributed by atoms with E-state index in [0.717, 1.165) is 19.1 Å². The third-order valence-corrected chi connectivity index (χ3v) is 1.98. The number of rotatable bonds is 2. The lowest BCUT2D eigenvalue weighted by Crippen LogP contribution is -2.25. The summed E-state index contributed by atoms with van der Waals surface area (Å²) in [6.45, 7) is 0.729. The Hall–Kier alpha value is -0.700. The molecule has 0 aliphatic carbocycles. The van der Waals surface area contributed by atoms with Crippen molar-refractivity contribution in [3.05, 3.63) is 0 Å². The van der Waals surface area contributed by atoms with Crippen LogP contribution in [0.15, 0.2) is 0 Å². The summed E-state index contributed by atoms with van der Waals surface area (Å²) in [4.78, 5) is 22.5. The third-order valence-electron chi connectivity index (χ3n) is 1.98. The van der Waals surface area contributed by atoms with E-state index in [1.54, 1.807) is 0 Å². The highest BCUT2D eigenvalue weighted by Crippen LogP contribution is 2.17. The molecule has 2 unspecified atom stereocenters. The van der Waals surface area contributed by atoms with Gasteiger partial charge in [-0.3, -0.25) is 4.90 Å². The molecule has 2 atom stereocenters. The fourth-order valence-corrected chi connectivity index (χ4v) is 1.33. The Morgan fingerprint density at radius 2 is 2.10 bits per heavy atom. The van der Waals surface area contributed by atoms with Gasteiger partial charge < -0.3 is 9.59 Å². The SMILES string of the molecule is CN1CC(C=O)CC1C=O. The van der Waals surface area contributed by atoms with E-state index in [4.69, 9.17) is 0 Å².